The van der Waals surface area contributed by atoms with Crippen LogP contribution in [0.3, 0.4) is 0 Å². The number of carbonyl (C=O) groups is 4. The number of nitrogens with zero attached hydrogens (tertiary/aromatic N) is 1. The molecule has 0 radical (unpaired) electrons. The largest absolute Gasteiger partial charge is 0.365 e. The number of Topliss-reactive ketones (excluding diaryl/α,β-unsaturated/α-hetero) is 2. The van der Waals surface area contributed by atoms with Gasteiger partial charge in [-0.2, -0.15) is 0 Å². The molecule has 1 aromatic rings. The number of benzene rings is 1. The van der Waals surface area contributed by atoms with Crippen molar-refractivity contribution in [1.29, 1.82) is 0 Å². The van der Waals surface area contributed by atoms with Crippen molar-refractivity contribution in [1.82, 2.24) is 5.48 Å². The number of nitrogens with one attached hydrogen (secondary N) is 1. The fourth-order valence-electron chi connectivity index (χ4n) is 1.58. The van der Waals surface area contributed by atoms with Crippen LogP contribution in [0.15, 0.2) is 47.8 Å². The maximum absolute atomic E-state index is 11.8. The second-order valence-electron chi connectivity index (χ2n) is 4.94. The first kappa shape index (κ1) is 19.8. The Balaban J connectivity index is 2.60. The molecule has 0 spiro atoms. The monoisotopic (exact) mass is 346 g/mol. The minimum Gasteiger partial charge on any atom is -0.344 e. The third-order valence-electron chi connectivity index (χ3n) is 2.90. The summed E-state index contributed by atoms with van der Waals surface area (Å²) in [4.78, 5) is 55.0. The number of allylic oxidation sites excluding steroid dienone is 1. The Kier molecular flexibility index (Phi) is 7.71. The van der Waals surface area contributed by atoms with Gasteiger partial charge in [0, 0.05) is 26.7 Å². The van der Waals surface area contributed by atoms with Crippen molar-refractivity contribution in [3.63, 3.8) is 0 Å². The molecule has 25 heavy (non-hydrogen) atoms. The van der Waals surface area contributed by atoms with Crippen LogP contribution in [0.2, 0.25) is 0 Å². The van der Waals surface area contributed by atoms with E-state index in [1.807, 2.05) is 0 Å². The third-order valence-corrected chi connectivity index (χ3v) is 2.90. The number of carbonyl (C=O) groups excluding carboxylic acids is 4. The van der Waals surface area contributed by atoms with E-state index >= 15 is 0 Å². The molecule has 0 saturated carbocycles. The van der Waals surface area contributed by atoms with Gasteiger partial charge in [0.05, 0.1) is 5.56 Å². The molecule has 132 valence electrons. The number of rotatable bonds is 9. The normalized spacial score (nSPS) is 10.6. The Morgan fingerprint density at radius 2 is 1.72 bits per heavy atom. The summed E-state index contributed by atoms with van der Waals surface area (Å²) in [5.74, 6) is -2.27. The van der Waals surface area contributed by atoms with E-state index in [4.69, 9.17) is 4.84 Å². The Morgan fingerprint density at radius 1 is 1.08 bits per heavy atom. The van der Waals surface area contributed by atoms with Crippen LogP contribution in [0.1, 0.15) is 37.0 Å². The molecule has 0 bridgehead atoms. The van der Waals surface area contributed by atoms with Crippen LogP contribution in [0, 0.1) is 0 Å². The molecule has 0 amide bonds. The molecule has 0 aliphatic heterocycles. The molecule has 0 saturated heterocycles. The lowest BCUT2D eigenvalue weighted by Crippen LogP contribution is -2.23. The number of hydrogen-bond donors (Lipinski definition) is 1. The Hall–Kier alpha value is -3.29. The highest BCUT2D eigenvalue weighted by Gasteiger charge is 2.15. The molecule has 0 heterocycles. The summed E-state index contributed by atoms with van der Waals surface area (Å²) in [5.41, 5.74) is 2.17. The lowest BCUT2D eigenvalue weighted by molar-refractivity contribution is -0.147. The molecule has 0 aromatic heterocycles. The molecular formula is C17H18N2O6. The van der Waals surface area contributed by atoms with Crippen LogP contribution < -0.4 is 5.48 Å². The molecule has 1 aromatic carbocycles. The summed E-state index contributed by atoms with van der Waals surface area (Å²) in [7, 11) is 0. The van der Waals surface area contributed by atoms with Gasteiger partial charge in [0.15, 0.2) is 11.6 Å². The van der Waals surface area contributed by atoms with Gasteiger partial charge >= 0.3 is 11.9 Å². The van der Waals surface area contributed by atoms with Gasteiger partial charge in [0.25, 0.3) is 0 Å². The molecule has 8 nitrogen and oxygen atoms in total. The average molecular weight is 346 g/mol. The topological polar surface area (TPSA) is 111 Å². The molecule has 0 atom stereocenters. The van der Waals surface area contributed by atoms with Crippen molar-refractivity contribution >= 4 is 29.2 Å². The SMILES string of the molecule is C=C(NOC(C)=O)C(=O)CCC(=NOC(=O)c1ccccc1)C(C)=O. The lowest BCUT2D eigenvalue weighted by Gasteiger charge is -2.07. The first-order chi connectivity index (χ1) is 11.8. The minimum atomic E-state index is -0.716. The minimum absolute atomic E-state index is 0.0585. The molecule has 0 aliphatic carbocycles. The summed E-state index contributed by atoms with van der Waals surface area (Å²) in [5, 5.41) is 3.53. The second-order valence-corrected chi connectivity index (χ2v) is 4.94. The zero-order valence-corrected chi connectivity index (χ0v) is 13.9. The Labute approximate surface area is 144 Å². The molecule has 0 fully saturated rings. The van der Waals surface area contributed by atoms with Gasteiger partial charge in [-0.3, -0.25) is 14.4 Å². The first-order valence-electron chi connectivity index (χ1n) is 7.31. The van der Waals surface area contributed by atoms with Crippen molar-refractivity contribution in [2.75, 3.05) is 0 Å². The average Bonchev–Trinajstić information content (AvgIpc) is 2.59. The summed E-state index contributed by atoms with van der Waals surface area (Å²) >= 11 is 0. The van der Waals surface area contributed by atoms with Crippen LogP contribution in [0.4, 0.5) is 0 Å². The van der Waals surface area contributed by atoms with Gasteiger partial charge in [0.2, 0.25) is 0 Å². The van der Waals surface area contributed by atoms with Crippen molar-refractivity contribution in [3.05, 3.63) is 48.2 Å². The van der Waals surface area contributed by atoms with Crippen LogP contribution in [-0.2, 0) is 24.1 Å². The molecule has 0 unspecified atom stereocenters. The van der Waals surface area contributed by atoms with Gasteiger partial charge in [-0.05, 0) is 12.1 Å². The van der Waals surface area contributed by atoms with Crippen molar-refractivity contribution in [2.24, 2.45) is 5.16 Å². The van der Waals surface area contributed by atoms with E-state index < -0.39 is 23.5 Å². The van der Waals surface area contributed by atoms with Crippen LogP contribution >= 0.6 is 0 Å². The van der Waals surface area contributed by atoms with Crippen molar-refractivity contribution in [2.45, 2.75) is 26.7 Å². The Morgan fingerprint density at radius 3 is 2.28 bits per heavy atom. The number of hydroxylamine groups is 1. The maximum atomic E-state index is 11.8. The quantitative estimate of drug-likeness (QED) is 0.314. The van der Waals surface area contributed by atoms with Gasteiger partial charge in [-0.1, -0.05) is 29.9 Å². The zero-order chi connectivity index (χ0) is 18.8. The van der Waals surface area contributed by atoms with Crippen LogP contribution in [-0.4, -0.2) is 29.2 Å². The van der Waals surface area contributed by atoms with E-state index in [1.165, 1.54) is 6.92 Å². The zero-order valence-electron chi connectivity index (χ0n) is 13.9. The van der Waals surface area contributed by atoms with Gasteiger partial charge in [-0.15, -0.1) is 0 Å². The standard InChI is InChI=1S/C17H18N2O6/c1-11(18-24-13(3)21)16(22)10-9-15(12(2)20)19-25-17(23)14-7-5-4-6-8-14/h4-8,18H,1,9-10H2,2-3H3. The molecule has 1 N–H and O–H groups in total. The Bertz CT molecular complexity index is 709. The van der Waals surface area contributed by atoms with Gasteiger partial charge in [-0.25, -0.2) is 10.3 Å². The van der Waals surface area contributed by atoms with E-state index in [2.05, 4.69) is 22.1 Å². The predicted molar refractivity (Wildman–Crippen MR) is 88.3 cm³/mol. The predicted octanol–water partition coefficient (Wildman–Crippen LogP) is 1.72. The van der Waals surface area contributed by atoms with Crippen molar-refractivity contribution < 1.29 is 28.9 Å². The van der Waals surface area contributed by atoms with E-state index in [1.54, 1.807) is 30.3 Å². The van der Waals surface area contributed by atoms with E-state index in [0.717, 1.165) is 6.92 Å². The van der Waals surface area contributed by atoms with Crippen LogP contribution in [0.25, 0.3) is 0 Å². The highest BCUT2D eigenvalue weighted by Crippen LogP contribution is 2.05. The smallest absolute Gasteiger partial charge is 0.344 e. The van der Waals surface area contributed by atoms with Gasteiger partial charge < -0.3 is 9.68 Å². The highest BCUT2D eigenvalue weighted by molar-refractivity contribution is 6.39. The highest BCUT2D eigenvalue weighted by atomic mass is 16.7. The lowest BCUT2D eigenvalue weighted by atomic mass is 10.1. The fourth-order valence-corrected chi connectivity index (χ4v) is 1.58. The number of hydrogen-bond acceptors (Lipinski definition) is 8. The van der Waals surface area contributed by atoms with Crippen LogP contribution in [0.5, 0.6) is 0 Å². The number of ketones is 2. The van der Waals surface area contributed by atoms with Crippen molar-refractivity contribution in [3.8, 4) is 0 Å². The number of oxime groups is 1. The summed E-state index contributed by atoms with van der Waals surface area (Å²) in [6.07, 6.45) is -0.189. The van der Waals surface area contributed by atoms with Gasteiger partial charge in [0.1, 0.15) is 11.4 Å². The van der Waals surface area contributed by atoms with E-state index in [-0.39, 0.29) is 29.8 Å². The summed E-state index contributed by atoms with van der Waals surface area (Å²) in [6.45, 7) is 5.82. The summed E-state index contributed by atoms with van der Waals surface area (Å²) < 4.78 is 0. The summed E-state index contributed by atoms with van der Waals surface area (Å²) in [6, 6.07) is 8.14. The third kappa shape index (κ3) is 7.21. The molecule has 1 rings (SSSR count). The maximum Gasteiger partial charge on any atom is 0.365 e. The molecular weight excluding hydrogens is 328 g/mol. The molecule has 8 heteroatoms. The van der Waals surface area contributed by atoms with E-state index in [9.17, 15) is 19.2 Å². The first-order valence-corrected chi connectivity index (χ1v) is 7.31. The fraction of sp³-hybridized carbons (Fsp3) is 0.235. The van der Waals surface area contributed by atoms with E-state index in [0.29, 0.717) is 0 Å². The molecule has 0 aliphatic rings. The second kappa shape index (κ2) is 9.76.